The second-order valence-electron chi connectivity index (χ2n) is 3.04. The van der Waals surface area contributed by atoms with E-state index in [9.17, 15) is 9.90 Å². The van der Waals surface area contributed by atoms with Crippen LogP contribution >= 0.6 is 11.3 Å². The predicted octanol–water partition coefficient (Wildman–Crippen LogP) is 0.347. The zero-order chi connectivity index (χ0) is 9.42. The Labute approximate surface area is 79.4 Å². The molecular formula is C8H10N2O2S. The molecule has 4 nitrogen and oxygen atoms in total. The van der Waals surface area contributed by atoms with Gasteiger partial charge in [0.05, 0.1) is 22.0 Å². The van der Waals surface area contributed by atoms with Gasteiger partial charge < -0.3 is 16.2 Å². The number of aliphatic hydroxyl groups excluding tert-OH is 1. The molecule has 5 heteroatoms. The van der Waals surface area contributed by atoms with Crippen LogP contribution in [0.3, 0.4) is 0 Å². The second-order valence-corrected chi connectivity index (χ2v) is 4.12. The van der Waals surface area contributed by atoms with Crippen LogP contribution in [0.25, 0.3) is 0 Å². The smallest absolute Gasteiger partial charge is 0.160 e. The first-order valence-corrected chi connectivity index (χ1v) is 4.80. The fourth-order valence-corrected chi connectivity index (χ4v) is 2.32. The predicted molar refractivity (Wildman–Crippen MR) is 51.1 cm³/mol. The van der Waals surface area contributed by atoms with Crippen molar-refractivity contribution in [2.75, 3.05) is 11.9 Å². The Kier molecular flexibility index (Phi) is 2.07. The highest BCUT2D eigenvalue weighted by atomic mass is 32.1. The van der Waals surface area contributed by atoms with Crippen molar-refractivity contribution >= 4 is 22.6 Å². The highest BCUT2D eigenvalue weighted by Crippen LogP contribution is 2.35. The van der Waals surface area contributed by atoms with Crippen molar-refractivity contribution in [2.45, 2.75) is 12.1 Å². The number of nitrogens with one attached hydrogen (secondary N) is 1. The van der Waals surface area contributed by atoms with E-state index < -0.39 is 6.10 Å². The van der Waals surface area contributed by atoms with Gasteiger partial charge in [-0.05, 0) is 6.07 Å². The van der Waals surface area contributed by atoms with E-state index >= 15 is 0 Å². The quantitative estimate of drug-likeness (QED) is 0.569. The number of hydrogen-bond acceptors (Lipinski definition) is 5. The summed E-state index contributed by atoms with van der Waals surface area (Å²) >= 11 is 1.35. The van der Waals surface area contributed by atoms with Gasteiger partial charge in [0, 0.05) is 12.1 Å². The van der Waals surface area contributed by atoms with Gasteiger partial charge in [-0.2, -0.15) is 0 Å². The van der Waals surface area contributed by atoms with Crippen molar-refractivity contribution in [2.24, 2.45) is 5.73 Å². The van der Waals surface area contributed by atoms with Crippen LogP contribution in [0.15, 0.2) is 6.07 Å². The normalized spacial score (nSPS) is 26.3. The number of carbonyl (C=O) groups excluding carboxylic acids is 1. The number of aliphatic hydroxyl groups is 1. The van der Waals surface area contributed by atoms with E-state index in [1.807, 2.05) is 0 Å². The lowest BCUT2D eigenvalue weighted by atomic mass is 10.0. The Morgan fingerprint density at radius 2 is 2.54 bits per heavy atom. The fraction of sp³-hybridized carbons (Fsp3) is 0.375. The lowest BCUT2D eigenvalue weighted by Crippen LogP contribution is -2.38. The van der Waals surface area contributed by atoms with Gasteiger partial charge >= 0.3 is 0 Å². The number of thiophene rings is 1. The molecule has 0 bridgehead atoms. The molecule has 0 radical (unpaired) electrons. The molecule has 0 aromatic carbocycles. The van der Waals surface area contributed by atoms with Crippen molar-refractivity contribution in [3.05, 3.63) is 16.5 Å². The number of aldehydes is 1. The van der Waals surface area contributed by atoms with Crippen LogP contribution < -0.4 is 11.1 Å². The van der Waals surface area contributed by atoms with Crippen LogP contribution in [0.2, 0.25) is 0 Å². The fourth-order valence-electron chi connectivity index (χ4n) is 1.39. The summed E-state index contributed by atoms with van der Waals surface area (Å²) in [7, 11) is 0. The largest absolute Gasteiger partial charge is 0.387 e. The van der Waals surface area contributed by atoms with Gasteiger partial charge in [-0.15, -0.1) is 11.3 Å². The van der Waals surface area contributed by atoms with Gasteiger partial charge in [0.15, 0.2) is 6.29 Å². The summed E-state index contributed by atoms with van der Waals surface area (Å²) in [6, 6.07) is 1.39. The molecule has 0 amide bonds. The van der Waals surface area contributed by atoms with E-state index in [1.54, 1.807) is 6.07 Å². The van der Waals surface area contributed by atoms with Crippen molar-refractivity contribution in [3.63, 3.8) is 0 Å². The Morgan fingerprint density at radius 3 is 3.23 bits per heavy atom. The Morgan fingerprint density at radius 1 is 1.77 bits per heavy atom. The maximum Gasteiger partial charge on any atom is 0.160 e. The van der Waals surface area contributed by atoms with Crippen molar-refractivity contribution in [1.82, 2.24) is 0 Å². The molecule has 2 unspecified atom stereocenters. The zero-order valence-electron chi connectivity index (χ0n) is 6.86. The minimum Gasteiger partial charge on any atom is -0.387 e. The lowest BCUT2D eigenvalue weighted by Gasteiger charge is -2.25. The first-order valence-electron chi connectivity index (χ1n) is 3.99. The summed E-state index contributed by atoms with van der Waals surface area (Å²) in [5.74, 6) is 0. The van der Waals surface area contributed by atoms with Crippen LogP contribution in [-0.2, 0) is 0 Å². The molecule has 4 N–H and O–H groups in total. The summed E-state index contributed by atoms with van der Waals surface area (Å²) in [6.45, 7) is 0.549. The Balaban J connectivity index is 2.41. The summed E-state index contributed by atoms with van der Waals surface area (Å²) in [6.07, 6.45) is 0.129. The minimum atomic E-state index is -0.652. The average Bonchev–Trinajstić information content (AvgIpc) is 2.55. The van der Waals surface area contributed by atoms with E-state index in [2.05, 4.69) is 5.32 Å². The maximum atomic E-state index is 10.5. The number of carbonyl (C=O) groups is 1. The maximum absolute atomic E-state index is 10.5. The SMILES string of the molecule is NC1CNc2sc(C=O)cc2C1O. The third-order valence-electron chi connectivity index (χ3n) is 2.12. The van der Waals surface area contributed by atoms with E-state index in [4.69, 9.17) is 5.73 Å². The van der Waals surface area contributed by atoms with Crippen LogP contribution in [-0.4, -0.2) is 24.0 Å². The van der Waals surface area contributed by atoms with E-state index in [0.717, 1.165) is 16.9 Å². The number of nitrogens with two attached hydrogens (primary N) is 1. The molecule has 1 aromatic heterocycles. The summed E-state index contributed by atoms with van der Waals surface area (Å²) in [4.78, 5) is 11.1. The van der Waals surface area contributed by atoms with E-state index in [0.29, 0.717) is 11.4 Å². The summed E-state index contributed by atoms with van der Waals surface area (Å²) < 4.78 is 0. The van der Waals surface area contributed by atoms with Crippen molar-refractivity contribution < 1.29 is 9.90 Å². The lowest BCUT2D eigenvalue weighted by molar-refractivity contribution is 0.112. The van der Waals surface area contributed by atoms with Gasteiger partial charge in [0.25, 0.3) is 0 Å². The molecule has 1 aromatic rings. The third kappa shape index (κ3) is 1.35. The Hall–Kier alpha value is -0.910. The molecule has 1 aliphatic rings. The molecule has 0 aliphatic carbocycles. The molecular weight excluding hydrogens is 188 g/mol. The van der Waals surface area contributed by atoms with Gasteiger partial charge in [0.1, 0.15) is 0 Å². The van der Waals surface area contributed by atoms with Gasteiger partial charge in [-0.3, -0.25) is 4.79 Å². The van der Waals surface area contributed by atoms with Crippen LogP contribution in [0, 0.1) is 0 Å². The highest BCUT2D eigenvalue weighted by molar-refractivity contribution is 7.17. The van der Waals surface area contributed by atoms with Gasteiger partial charge in [-0.25, -0.2) is 0 Å². The van der Waals surface area contributed by atoms with E-state index in [1.165, 1.54) is 11.3 Å². The van der Waals surface area contributed by atoms with Gasteiger partial charge in [-0.1, -0.05) is 0 Å². The second kappa shape index (κ2) is 3.10. The van der Waals surface area contributed by atoms with Crippen LogP contribution in [0.1, 0.15) is 21.3 Å². The highest BCUT2D eigenvalue weighted by Gasteiger charge is 2.26. The molecule has 0 fully saturated rings. The first kappa shape index (κ1) is 8.68. The van der Waals surface area contributed by atoms with Crippen LogP contribution in [0.5, 0.6) is 0 Å². The Bertz CT molecular complexity index is 337. The molecule has 2 atom stereocenters. The number of rotatable bonds is 1. The molecule has 0 saturated heterocycles. The zero-order valence-corrected chi connectivity index (χ0v) is 7.67. The average molecular weight is 198 g/mol. The molecule has 0 spiro atoms. The number of fused-ring (bicyclic) bond motifs is 1. The van der Waals surface area contributed by atoms with E-state index in [-0.39, 0.29) is 6.04 Å². The molecule has 70 valence electrons. The van der Waals surface area contributed by atoms with Crippen LogP contribution in [0.4, 0.5) is 5.00 Å². The summed E-state index contributed by atoms with van der Waals surface area (Å²) in [5.41, 5.74) is 6.39. The first-order chi connectivity index (χ1) is 6.22. The van der Waals surface area contributed by atoms with Crippen molar-refractivity contribution in [3.8, 4) is 0 Å². The molecule has 13 heavy (non-hydrogen) atoms. The number of anilines is 1. The number of hydrogen-bond donors (Lipinski definition) is 3. The molecule has 1 aliphatic heterocycles. The molecule has 0 saturated carbocycles. The molecule has 2 heterocycles. The third-order valence-corrected chi connectivity index (χ3v) is 3.15. The van der Waals surface area contributed by atoms with Crippen molar-refractivity contribution in [1.29, 1.82) is 0 Å². The summed E-state index contributed by atoms with van der Waals surface area (Å²) in [5, 5.41) is 13.6. The van der Waals surface area contributed by atoms with Gasteiger partial charge in [0.2, 0.25) is 0 Å². The minimum absolute atomic E-state index is 0.290. The monoisotopic (exact) mass is 198 g/mol. The topological polar surface area (TPSA) is 75.3 Å². The standard InChI is InChI=1S/C8H10N2O2S/c9-6-2-10-8-5(7(6)12)1-4(3-11)13-8/h1,3,6-7,10,12H,2,9H2. The molecule has 2 rings (SSSR count).